The van der Waals surface area contributed by atoms with Crippen molar-refractivity contribution in [3.63, 3.8) is 0 Å². The van der Waals surface area contributed by atoms with Gasteiger partial charge in [-0.05, 0) is 54.2 Å². The minimum Gasteiger partial charge on any atom is -0.332 e. The number of rotatable bonds is 4. The standard InChI is InChI=1S/C17H13BrClFN4S/c18-12-2-5-14(6-3-12)22-17(25)23-15-8-21-24(10-15)9-11-1-4-13(20)7-16(11)19/h1-8,10H,9H2,(H2,22,23,25). The van der Waals surface area contributed by atoms with Gasteiger partial charge in [0.1, 0.15) is 5.82 Å². The lowest BCUT2D eigenvalue weighted by Crippen LogP contribution is -2.18. The number of thiocarbonyl (C=S) groups is 1. The van der Waals surface area contributed by atoms with Crippen LogP contribution in [0.15, 0.2) is 59.3 Å². The Hall–Kier alpha value is -1.96. The summed E-state index contributed by atoms with van der Waals surface area (Å²) in [5.74, 6) is -0.360. The third kappa shape index (κ3) is 5.01. The van der Waals surface area contributed by atoms with E-state index < -0.39 is 0 Å². The average Bonchev–Trinajstić information content (AvgIpc) is 2.99. The molecule has 0 radical (unpaired) electrons. The second-order valence-corrected chi connectivity index (χ2v) is 6.98. The Morgan fingerprint density at radius 2 is 1.88 bits per heavy atom. The van der Waals surface area contributed by atoms with E-state index in [0.29, 0.717) is 16.7 Å². The number of aromatic nitrogens is 2. The number of halogens is 3. The molecular formula is C17H13BrClFN4S. The van der Waals surface area contributed by atoms with Crippen molar-refractivity contribution in [2.75, 3.05) is 10.6 Å². The molecule has 0 atom stereocenters. The van der Waals surface area contributed by atoms with Gasteiger partial charge in [0.15, 0.2) is 5.11 Å². The number of nitrogens with zero attached hydrogens (tertiary/aromatic N) is 2. The normalized spacial score (nSPS) is 10.5. The van der Waals surface area contributed by atoms with E-state index in [9.17, 15) is 4.39 Å². The van der Waals surface area contributed by atoms with E-state index in [0.717, 1.165) is 21.4 Å². The first-order valence-corrected chi connectivity index (χ1v) is 8.87. The Morgan fingerprint density at radius 1 is 1.16 bits per heavy atom. The molecule has 0 amide bonds. The molecule has 0 bridgehead atoms. The zero-order chi connectivity index (χ0) is 17.8. The second kappa shape index (κ2) is 7.95. The first kappa shape index (κ1) is 17.8. The zero-order valence-electron chi connectivity index (χ0n) is 12.8. The SMILES string of the molecule is Fc1ccc(Cn2cc(NC(=S)Nc3ccc(Br)cc3)cn2)c(Cl)c1. The van der Waals surface area contributed by atoms with Crippen LogP contribution in [0.4, 0.5) is 15.8 Å². The van der Waals surface area contributed by atoms with Gasteiger partial charge in [0.2, 0.25) is 0 Å². The molecule has 0 aliphatic rings. The minimum absolute atomic E-state index is 0.360. The van der Waals surface area contributed by atoms with Crippen LogP contribution >= 0.6 is 39.7 Å². The molecule has 0 saturated heterocycles. The van der Waals surface area contributed by atoms with Crippen molar-refractivity contribution < 1.29 is 4.39 Å². The van der Waals surface area contributed by atoms with Crippen molar-refractivity contribution in [1.29, 1.82) is 0 Å². The first-order valence-electron chi connectivity index (χ1n) is 7.29. The first-order chi connectivity index (χ1) is 12.0. The van der Waals surface area contributed by atoms with Gasteiger partial charge in [0, 0.05) is 21.4 Å². The maximum atomic E-state index is 13.1. The summed E-state index contributed by atoms with van der Waals surface area (Å²) in [5, 5.41) is 11.2. The molecule has 128 valence electrons. The molecule has 3 rings (SSSR count). The van der Waals surface area contributed by atoms with Gasteiger partial charge < -0.3 is 10.6 Å². The van der Waals surface area contributed by atoms with Crippen molar-refractivity contribution in [2.45, 2.75) is 6.54 Å². The average molecular weight is 440 g/mol. The molecule has 4 nitrogen and oxygen atoms in total. The summed E-state index contributed by atoms with van der Waals surface area (Å²) >= 11 is 14.7. The molecular weight excluding hydrogens is 427 g/mol. The molecule has 0 aliphatic heterocycles. The van der Waals surface area contributed by atoms with Gasteiger partial charge in [0.05, 0.1) is 18.4 Å². The third-order valence-corrected chi connectivity index (χ3v) is 4.43. The number of anilines is 2. The highest BCUT2D eigenvalue weighted by atomic mass is 79.9. The molecule has 8 heteroatoms. The highest BCUT2D eigenvalue weighted by Crippen LogP contribution is 2.19. The van der Waals surface area contributed by atoms with Crippen LogP contribution in [0.3, 0.4) is 0 Å². The number of hydrogen-bond acceptors (Lipinski definition) is 2. The van der Waals surface area contributed by atoms with Crippen molar-refractivity contribution >= 4 is 56.2 Å². The topological polar surface area (TPSA) is 41.9 Å². The van der Waals surface area contributed by atoms with E-state index in [1.165, 1.54) is 12.1 Å². The van der Waals surface area contributed by atoms with Crippen LogP contribution < -0.4 is 10.6 Å². The molecule has 0 unspecified atom stereocenters. The summed E-state index contributed by atoms with van der Waals surface area (Å²) in [5.41, 5.74) is 2.41. The highest BCUT2D eigenvalue weighted by Gasteiger charge is 2.06. The quantitative estimate of drug-likeness (QED) is 0.542. The Balaban J connectivity index is 1.61. The van der Waals surface area contributed by atoms with Gasteiger partial charge in [0.25, 0.3) is 0 Å². The fraction of sp³-hybridized carbons (Fsp3) is 0.0588. The Morgan fingerprint density at radius 3 is 2.60 bits per heavy atom. The number of hydrogen-bond donors (Lipinski definition) is 2. The predicted octanol–water partition coefficient (Wildman–Crippen LogP) is 5.30. The molecule has 0 aliphatic carbocycles. The summed E-state index contributed by atoms with van der Waals surface area (Å²) in [4.78, 5) is 0. The monoisotopic (exact) mass is 438 g/mol. The van der Waals surface area contributed by atoms with Gasteiger partial charge in [-0.2, -0.15) is 5.10 Å². The molecule has 0 saturated carbocycles. The lowest BCUT2D eigenvalue weighted by Gasteiger charge is -2.09. The molecule has 25 heavy (non-hydrogen) atoms. The number of benzene rings is 2. The van der Waals surface area contributed by atoms with Crippen LogP contribution in [0.5, 0.6) is 0 Å². The van der Waals surface area contributed by atoms with Crippen molar-refractivity contribution in [1.82, 2.24) is 9.78 Å². The fourth-order valence-corrected chi connectivity index (χ4v) is 2.89. The maximum absolute atomic E-state index is 13.1. The van der Waals surface area contributed by atoms with E-state index in [1.54, 1.807) is 23.1 Å². The van der Waals surface area contributed by atoms with Gasteiger partial charge in [-0.3, -0.25) is 4.68 Å². The van der Waals surface area contributed by atoms with Gasteiger partial charge >= 0.3 is 0 Å². The fourth-order valence-electron chi connectivity index (χ4n) is 2.17. The van der Waals surface area contributed by atoms with Crippen LogP contribution in [0, 0.1) is 5.82 Å². The molecule has 2 aromatic carbocycles. The highest BCUT2D eigenvalue weighted by molar-refractivity contribution is 9.10. The largest absolute Gasteiger partial charge is 0.332 e. The summed E-state index contributed by atoms with van der Waals surface area (Å²) < 4.78 is 15.8. The molecule has 1 heterocycles. The van der Waals surface area contributed by atoms with Crippen LogP contribution in [0.1, 0.15) is 5.56 Å². The van der Waals surface area contributed by atoms with Crippen LogP contribution in [0.25, 0.3) is 0 Å². The summed E-state index contributed by atoms with van der Waals surface area (Å²) in [6, 6.07) is 12.0. The Bertz CT molecular complexity index is 898. The maximum Gasteiger partial charge on any atom is 0.175 e. The minimum atomic E-state index is -0.360. The van der Waals surface area contributed by atoms with Gasteiger partial charge in [-0.1, -0.05) is 33.6 Å². The van der Waals surface area contributed by atoms with Gasteiger partial charge in [-0.25, -0.2) is 4.39 Å². The van der Waals surface area contributed by atoms with Crippen molar-refractivity contribution in [3.05, 3.63) is 75.7 Å². The van der Waals surface area contributed by atoms with Crippen LogP contribution in [-0.2, 0) is 6.54 Å². The van der Waals surface area contributed by atoms with Crippen LogP contribution in [0.2, 0.25) is 5.02 Å². The number of nitrogens with one attached hydrogen (secondary N) is 2. The van der Waals surface area contributed by atoms with Crippen molar-refractivity contribution in [2.24, 2.45) is 0 Å². The molecule has 2 N–H and O–H groups in total. The predicted molar refractivity (Wildman–Crippen MR) is 107 cm³/mol. The van der Waals surface area contributed by atoms with Crippen LogP contribution in [-0.4, -0.2) is 14.9 Å². The van der Waals surface area contributed by atoms with E-state index in [-0.39, 0.29) is 5.82 Å². The zero-order valence-corrected chi connectivity index (χ0v) is 16.0. The van der Waals surface area contributed by atoms with Gasteiger partial charge in [-0.15, -0.1) is 0 Å². The molecule has 0 fully saturated rings. The second-order valence-electron chi connectivity index (χ2n) is 5.25. The lowest BCUT2D eigenvalue weighted by molar-refractivity contribution is 0.624. The van der Waals surface area contributed by atoms with E-state index in [2.05, 4.69) is 31.7 Å². The Kier molecular flexibility index (Phi) is 5.67. The molecule has 1 aromatic heterocycles. The summed E-state index contributed by atoms with van der Waals surface area (Å²) in [7, 11) is 0. The smallest absolute Gasteiger partial charge is 0.175 e. The molecule has 0 spiro atoms. The van der Waals surface area contributed by atoms with E-state index in [4.69, 9.17) is 23.8 Å². The van der Waals surface area contributed by atoms with Crippen molar-refractivity contribution in [3.8, 4) is 0 Å². The Labute approximate surface area is 163 Å². The van der Waals surface area contributed by atoms with E-state index >= 15 is 0 Å². The third-order valence-electron chi connectivity index (χ3n) is 3.34. The summed E-state index contributed by atoms with van der Waals surface area (Å²) in [6.45, 7) is 0.438. The van der Waals surface area contributed by atoms with E-state index in [1.807, 2.05) is 24.3 Å². The lowest BCUT2D eigenvalue weighted by atomic mass is 10.2. The summed E-state index contributed by atoms with van der Waals surface area (Å²) in [6.07, 6.45) is 3.46. The molecule has 3 aromatic rings.